The van der Waals surface area contributed by atoms with Crippen molar-refractivity contribution in [3.05, 3.63) is 65.6 Å². The van der Waals surface area contributed by atoms with Crippen molar-refractivity contribution < 1.29 is 9.53 Å². The summed E-state index contributed by atoms with van der Waals surface area (Å²) in [5.74, 6) is 0.522. The van der Waals surface area contributed by atoms with E-state index in [-0.39, 0.29) is 5.91 Å². The molecule has 0 aliphatic heterocycles. The first kappa shape index (κ1) is 16.7. The number of aromatic nitrogens is 3. The molecule has 128 valence electrons. The van der Waals surface area contributed by atoms with Gasteiger partial charge >= 0.3 is 0 Å². The topological polar surface area (TPSA) is 69.0 Å². The Bertz CT molecular complexity index is 888. The van der Waals surface area contributed by atoms with Crippen LogP contribution in [0.5, 0.6) is 5.75 Å². The van der Waals surface area contributed by atoms with Crippen molar-refractivity contribution in [2.45, 2.75) is 13.5 Å². The number of hydrogen-bond donors (Lipinski definition) is 1. The molecule has 0 saturated heterocycles. The molecule has 0 atom stereocenters. The number of carbonyl (C=O) groups excluding carboxylic acids is 1. The number of carbonyl (C=O) groups is 1. The van der Waals surface area contributed by atoms with Gasteiger partial charge in [-0.2, -0.15) is 5.10 Å². The molecule has 0 bridgehead atoms. The third kappa shape index (κ3) is 3.68. The van der Waals surface area contributed by atoms with Gasteiger partial charge in [0.1, 0.15) is 5.75 Å². The molecule has 2 aromatic heterocycles. The molecule has 25 heavy (non-hydrogen) atoms. The van der Waals surface area contributed by atoms with Crippen LogP contribution >= 0.6 is 0 Å². The number of nitrogens with zero attached hydrogens (tertiary/aromatic N) is 3. The van der Waals surface area contributed by atoms with Gasteiger partial charge in [-0.05, 0) is 36.8 Å². The minimum absolute atomic E-state index is 0.225. The average molecular weight is 336 g/mol. The quantitative estimate of drug-likeness (QED) is 0.778. The summed E-state index contributed by atoms with van der Waals surface area (Å²) in [6.45, 7) is 2.42. The predicted octanol–water partition coefficient (Wildman–Crippen LogP) is 2.73. The van der Waals surface area contributed by atoms with Gasteiger partial charge in [0.05, 0.1) is 12.8 Å². The van der Waals surface area contributed by atoms with Gasteiger partial charge in [-0.1, -0.05) is 17.7 Å². The summed E-state index contributed by atoms with van der Waals surface area (Å²) in [5, 5.41) is 7.20. The lowest BCUT2D eigenvalue weighted by molar-refractivity contribution is 0.0945. The molecule has 0 saturated carbocycles. The number of ether oxygens (including phenoxy) is 1. The summed E-state index contributed by atoms with van der Waals surface area (Å²) < 4.78 is 7.13. The molecular formula is C19H20N4O2. The number of methoxy groups -OCH3 is 1. The molecule has 1 amide bonds. The third-order valence-corrected chi connectivity index (χ3v) is 3.92. The van der Waals surface area contributed by atoms with E-state index in [4.69, 9.17) is 4.74 Å². The number of aryl methyl sites for hydroxylation is 2. The molecule has 0 aliphatic rings. The van der Waals surface area contributed by atoms with Crippen LogP contribution in [0.4, 0.5) is 0 Å². The van der Waals surface area contributed by atoms with Crippen molar-refractivity contribution in [3.63, 3.8) is 0 Å². The monoisotopic (exact) mass is 336 g/mol. The highest BCUT2D eigenvalue weighted by atomic mass is 16.5. The van der Waals surface area contributed by atoms with E-state index in [1.54, 1.807) is 30.3 Å². The van der Waals surface area contributed by atoms with Crippen molar-refractivity contribution in [2.75, 3.05) is 7.11 Å². The average Bonchev–Trinajstić information content (AvgIpc) is 3.02. The Labute approximate surface area is 146 Å². The van der Waals surface area contributed by atoms with E-state index in [1.807, 2.05) is 44.3 Å². The predicted molar refractivity (Wildman–Crippen MR) is 95.3 cm³/mol. The van der Waals surface area contributed by atoms with Crippen molar-refractivity contribution in [1.82, 2.24) is 20.1 Å². The van der Waals surface area contributed by atoms with Gasteiger partial charge in [0.2, 0.25) is 0 Å². The fraction of sp³-hybridized carbons (Fsp3) is 0.211. The van der Waals surface area contributed by atoms with Gasteiger partial charge in [-0.15, -0.1) is 0 Å². The van der Waals surface area contributed by atoms with Crippen LogP contribution < -0.4 is 10.1 Å². The minimum atomic E-state index is -0.225. The summed E-state index contributed by atoms with van der Waals surface area (Å²) in [5.41, 5.74) is 4.15. The van der Waals surface area contributed by atoms with Crippen molar-refractivity contribution >= 4 is 5.91 Å². The lowest BCUT2D eigenvalue weighted by Crippen LogP contribution is -2.23. The van der Waals surface area contributed by atoms with Crippen LogP contribution in [0.2, 0.25) is 0 Å². The van der Waals surface area contributed by atoms with Crippen LogP contribution in [-0.2, 0) is 13.6 Å². The van der Waals surface area contributed by atoms with Gasteiger partial charge in [0, 0.05) is 31.5 Å². The molecule has 1 N–H and O–H groups in total. The lowest BCUT2D eigenvalue weighted by atomic mass is 10.1. The van der Waals surface area contributed by atoms with Crippen LogP contribution in [0.15, 0.2) is 48.8 Å². The van der Waals surface area contributed by atoms with Crippen LogP contribution in [0.1, 0.15) is 21.6 Å². The molecule has 3 rings (SSSR count). The zero-order chi connectivity index (χ0) is 17.8. The zero-order valence-corrected chi connectivity index (χ0v) is 14.5. The van der Waals surface area contributed by atoms with E-state index in [0.29, 0.717) is 12.2 Å². The van der Waals surface area contributed by atoms with E-state index >= 15 is 0 Å². The Morgan fingerprint density at radius 2 is 2.12 bits per heavy atom. The maximum absolute atomic E-state index is 12.4. The van der Waals surface area contributed by atoms with Gasteiger partial charge in [-0.3, -0.25) is 14.5 Å². The van der Waals surface area contributed by atoms with Crippen molar-refractivity contribution in [2.24, 2.45) is 7.05 Å². The van der Waals surface area contributed by atoms with E-state index in [0.717, 1.165) is 28.1 Å². The molecule has 1 aromatic carbocycles. The number of nitrogens with one attached hydrogen (secondary N) is 1. The Hall–Kier alpha value is -3.15. The fourth-order valence-electron chi connectivity index (χ4n) is 2.63. The van der Waals surface area contributed by atoms with Gasteiger partial charge in [0.25, 0.3) is 5.91 Å². The normalized spacial score (nSPS) is 10.5. The van der Waals surface area contributed by atoms with E-state index < -0.39 is 0 Å². The third-order valence-electron chi connectivity index (χ3n) is 3.92. The lowest BCUT2D eigenvalue weighted by Gasteiger charge is -2.09. The molecule has 0 unspecified atom stereocenters. The van der Waals surface area contributed by atoms with Crippen molar-refractivity contribution in [3.8, 4) is 17.0 Å². The van der Waals surface area contributed by atoms with Gasteiger partial charge < -0.3 is 10.1 Å². The summed E-state index contributed by atoms with van der Waals surface area (Å²) in [4.78, 5) is 16.4. The van der Waals surface area contributed by atoms with Crippen LogP contribution in [0.25, 0.3) is 11.3 Å². The maximum atomic E-state index is 12.4. The Balaban J connectivity index is 1.83. The second kappa shape index (κ2) is 7.17. The molecule has 0 radical (unpaired) electrons. The molecule has 0 spiro atoms. The Morgan fingerprint density at radius 3 is 2.84 bits per heavy atom. The Morgan fingerprint density at radius 1 is 1.28 bits per heavy atom. The Kier molecular flexibility index (Phi) is 4.79. The summed E-state index contributed by atoms with van der Waals surface area (Å²) in [6.07, 6.45) is 3.42. The van der Waals surface area contributed by atoms with Gasteiger partial charge in [0.15, 0.2) is 5.69 Å². The first-order valence-electron chi connectivity index (χ1n) is 7.94. The molecular weight excluding hydrogens is 316 g/mol. The van der Waals surface area contributed by atoms with Crippen LogP contribution in [0, 0.1) is 6.92 Å². The first-order chi connectivity index (χ1) is 12.1. The SMILES string of the molecule is COc1ccc(C)cc1-c1cc(C(=O)NCc2cccnc2)nn1C. The highest BCUT2D eigenvalue weighted by Gasteiger charge is 2.16. The standard InChI is InChI=1S/C19H20N4O2/c1-13-6-7-18(25-3)15(9-13)17-10-16(22-23(17)2)19(24)21-12-14-5-4-8-20-11-14/h4-11H,12H2,1-3H3,(H,21,24). The molecule has 0 fully saturated rings. The van der Waals surface area contributed by atoms with E-state index in [2.05, 4.69) is 15.4 Å². The highest BCUT2D eigenvalue weighted by molar-refractivity contribution is 5.93. The summed E-state index contributed by atoms with van der Waals surface area (Å²) in [7, 11) is 3.45. The second-order valence-corrected chi connectivity index (χ2v) is 5.79. The number of amides is 1. The molecule has 0 aliphatic carbocycles. The number of hydrogen-bond acceptors (Lipinski definition) is 4. The summed E-state index contributed by atoms with van der Waals surface area (Å²) >= 11 is 0. The van der Waals surface area contributed by atoms with Gasteiger partial charge in [-0.25, -0.2) is 0 Å². The fourth-order valence-corrected chi connectivity index (χ4v) is 2.63. The largest absolute Gasteiger partial charge is 0.496 e. The molecule has 2 heterocycles. The maximum Gasteiger partial charge on any atom is 0.272 e. The first-order valence-corrected chi connectivity index (χ1v) is 7.94. The van der Waals surface area contributed by atoms with Crippen molar-refractivity contribution in [1.29, 1.82) is 0 Å². The van der Waals surface area contributed by atoms with Crippen LogP contribution in [-0.4, -0.2) is 27.8 Å². The molecule has 6 heteroatoms. The zero-order valence-electron chi connectivity index (χ0n) is 14.5. The number of pyridine rings is 1. The molecule has 3 aromatic rings. The number of rotatable bonds is 5. The second-order valence-electron chi connectivity index (χ2n) is 5.79. The van der Waals surface area contributed by atoms with E-state index in [1.165, 1.54) is 0 Å². The van der Waals surface area contributed by atoms with Crippen LogP contribution in [0.3, 0.4) is 0 Å². The van der Waals surface area contributed by atoms with E-state index in [9.17, 15) is 4.79 Å². The minimum Gasteiger partial charge on any atom is -0.496 e. The number of benzene rings is 1. The molecule has 6 nitrogen and oxygen atoms in total. The smallest absolute Gasteiger partial charge is 0.272 e. The summed E-state index contributed by atoms with van der Waals surface area (Å²) in [6, 6.07) is 11.4. The highest BCUT2D eigenvalue weighted by Crippen LogP contribution is 2.31.